The van der Waals surface area contributed by atoms with Gasteiger partial charge in [-0.15, -0.1) is 0 Å². The van der Waals surface area contributed by atoms with Crippen molar-refractivity contribution >= 4 is 54.3 Å². The molecule has 0 saturated heterocycles. The van der Waals surface area contributed by atoms with Gasteiger partial charge in [-0.2, -0.15) is 0 Å². The summed E-state index contributed by atoms with van der Waals surface area (Å²) in [5.41, 5.74) is 11.6. The highest BCUT2D eigenvalue weighted by atomic mass is 16.3. The molecule has 0 bridgehead atoms. The van der Waals surface area contributed by atoms with E-state index in [-0.39, 0.29) is 0 Å². The Morgan fingerprint density at radius 3 is 1.51 bits per heavy atom. The standard InChI is InChI=1S/C48H30O/c1-2-13-31(14-3-1)33-16-10-17-34(29-33)35-18-11-19-36(30-35)45-38-21-6-8-23-40(38)46(41-24-9-7-22-39(41)45)42-25-12-26-44-47(42)43-28-27-32-15-4-5-20-37(32)48(43)49-44/h1-30H. The average Bonchev–Trinajstić information content (AvgIpc) is 3.57. The summed E-state index contributed by atoms with van der Waals surface area (Å²) < 4.78 is 6.64. The van der Waals surface area contributed by atoms with E-state index in [9.17, 15) is 0 Å². The molecule has 0 unspecified atom stereocenters. The molecule has 0 aliphatic heterocycles. The number of furan rings is 1. The largest absolute Gasteiger partial charge is 0.455 e. The highest BCUT2D eigenvalue weighted by Crippen LogP contribution is 2.47. The molecule has 0 aliphatic carbocycles. The zero-order chi connectivity index (χ0) is 32.3. The quantitative estimate of drug-likeness (QED) is 0.178. The summed E-state index contributed by atoms with van der Waals surface area (Å²) in [6, 6.07) is 65.7. The van der Waals surface area contributed by atoms with Crippen LogP contribution < -0.4 is 0 Å². The number of rotatable bonds is 4. The Kier molecular flexibility index (Phi) is 6.25. The number of hydrogen-bond acceptors (Lipinski definition) is 1. The van der Waals surface area contributed by atoms with Gasteiger partial charge in [-0.05, 0) is 95.7 Å². The van der Waals surface area contributed by atoms with Crippen molar-refractivity contribution in [2.45, 2.75) is 0 Å². The van der Waals surface area contributed by atoms with Gasteiger partial charge in [-0.1, -0.05) is 158 Å². The first kappa shape index (κ1) is 27.7. The van der Waals surface area contributed by atoms with Crippen LogP contribution in [0.15, 0.2) is 186 Å². The van der Waals surface area contributed by atoms with E-state index in [4.69, 9.17) is 4.42 Å². The predicted octanol–water partition coefficient (Wildman–Crippen LogP) is 13.7. The maximum Gasteiger partial charge on any atom is 0.143 e. The molecule has 0 radical (unpaired) electrons. The zero-order valence-corrected chi connectivity index (χ0v) is 26.7. The van der Waals surface area contributed by atoms with E-state index < -0.39 is 0 Å². The second-order valence-corrected chi connectivity index (χ2v) is 12.8. The minimum absolute atomic E-state index is 0.909. The maximum atomic E-state index is 6.64. The van der Waals surface area contributed by atoms with Gasteiger partial charge < -0.3 is 4.42 Å². The lowest BCUT2D eigenvalue weighted by atomic mass is 9.84. The minimum atomic E-state index is 0.909. The van der Waals surface area contributed by atoms with Gasteiger partial charge in [0, 0.05) is 16.2 Å². The van der Waals surface area contributed by atoms with E-state index in [2.05, 4.69) is 182 Å². The highest BCUT2D eigenvalue weighted by Gasteiger charge is 2.21. The second-order valence-electron chi connectivity index (χ2n) is 12.8. The third-order valence-corrected chi connectivity index (χ3v) is 10.0. The van der Waals surface area contributed by atoms with Crippen molar-refractivity contribution < 1.29 is 4.42 Å². The molecule has 49 heavy (non-hydrogen) atoms. The Labute approximate surface area is 284 Å². The molecule has 10 aromatic rings. The Bertz CT molecular complexity index is 2820. The van der Waals surface area contributed by atoms with E-state index in [1.165, 1.54) is 71.4 Å². The lowest BCUT2D eigenvalue weighted by Crippen LogP contribution is -1.91. The highest BCUT2D eigenvalue weighted by molar-refractivity contribution is 6.27. The van der Waals surface area contributed by atoms with Gasteiger partial charge in [-0.25, -0.2) is 0 Å². The van der Waals surface area contributed by atoms with Crippen LogP contribution in [-0.4, -0.2) is 0 Å². The first-order valence-corrected chi connectivity index (χ1v) is 16.8. The molecule has 228 valence electrons. The summed E-state index contributed by atoms with van der Waals surface area (Å²) in [5.74, 6) is 0. The molecule has 10 rings (SSSR count). The van der Waals surface area contributed by atoms with Gasteiger partial charge in [-0.3, -0.25) is 0 Å². The third kappa shape index (κ3) is 4.40. The molecule has 0 spiro atoms. The molecule has 1 aromatic heterocycles. The van der Waals surface area contributed by atoms with Crippen LogP contribution in [0.1, 0.15) is 0 Å². The van der Waals surface area contributed by atoms with Crippen LogP contribution in [-0.2, 0) is 0 Å². The summed E-state index contributed by atoms with van der Waals surface area (Å²) in [4.78, 5) is 0. The fraction of sp³-hybridized carbons (Fsp3) is 0. The molecule has 0 N–H and O–H groups in total. The molecule has 0 saturated carbocycles. The average molecular weight is 623 g/mol. The first-order valence-electron chi connectivity index (χ1n) is 16.8. The Hall–Kier alpha value is -6.44. The molecule has 1 heterocycles. The summed E-state index contributed by atoms with van der Waals surface area (Å²) in [6.07, 6.45) is 0. The molecular formula is C48H30O. The number of fused-ring (bicyclic) bond motifs is 7. The van der Waals surface area contributed by atoms with Crippen molar-refractivity contribution in [3.8, 4) is 44.5 Å². The molecule has 0 atom stereocenters. The molecule has 9 aromatic carbocycles. The van der Waals surface area contributed by atoms with Crippen LogP contribution in [0.3, 0.4) is 0 Å². The van der Waals surface area contributed by atoms with E-state index in [1.54, 1.807) is 0 Å². The fourth-order valence-corrected chi connectivity index (χ4v) is 7.85. The van der Waals surface area contributed by atoms with Crippen molar-refractivity contribution in [1.29, 1.82) is 0 Å². The van der Waals surface area contributed by atoms with Crippen LogP contribution in [0.2, 0.25) is 0 Å². The summed E-state index contributed by atoms with van der Waals surface area (Å²) >= 11 is 0. The number of hydrogen-bond donors (Lipinski definition) is 0. The lowest BCUT2D eigenvalue weighted by Gasteiger charge is -2.18. The van der Waals surface area contributed by atoms with Gasteiger partial charge in [0.1, 0.15) is 11.2 Å². The normalized spacial score (nSPS) is 11.7. The molecule has 0 amide bonds. The van der Waals surface area contributed by atoms with Crippen molar-refractivity contribution in [3.63, 3.8) is 0 Å². The minimum Gasteiger partial charge on any atom is -0.455 e. The molecule has 0 fully saturated rings. The smallest absolute Gasteiger partial charge is 0.143 e. The summed E-state index contributed by atoms with van der Waals surface area (Å²) in [7, 11) is 0. The Morgan fingerprint density at radius 1 is 0.306 bits per heavy atom. The molecular weight excluding hydrogens is 593 g/mol. The fourth-order valence-electron chi connectivity index (χ4n) is 7.85. The van der Waals surface area contributed by atoms with Crippen molar-refractivity contribution in [2.24, 2.45) is 0 Å². The third-order valence-electron chi connectivity index (χ3n) is 10.0. The SMILES string of the molecule is c1ccc(-c2cccc(-c3cccc(-c4c5ccccc5c(-c5cccc6oc7c8ccccc8ccc7c56)c5ccccc45)c3)c2)cc1. The van der Waals surface area contributed by atoms with Crippen LogP contribution in [0, 0.1) is 0 Å². The first-order chi connectivity index (χ1) is 24.3. The molecule has 1 heteroatoms. The van der Waals surface area contributed by atoms with Crippen LogP contribution in [0.5, 0.6) is 0 Å². The Morgan fingerprint density at radius 2 is 0.816 bits per heavy atom. The van der Waals surface area contributed by atoms with Crippen LogP contribution >= 0.6 is 0 Å². The monoisotopic (exact) mass is 622 g/mol. The Balaban J connectivity index is 1.22. The molecule has 0 aliphatic rings. The van der Waals surface area contributed by atoms with E-state index >= 15 is 0 Å². The topological polar surface area (TPSA) is 13.1 Å². The van der Waals surface area contributed by atoms with E-state index in [0.717, 1.165) is 27.3 Å². The van der Waals surface area contributed by atoms with Crippen LogP contribution in [0.4, 0.5) is 0 Å². The maximum absolute atomic E-state index is 6.64. The van der Waals surface area contributed by atoms with Gasteiger partial charge in [0.2, 0.25) is 0 Å². The van der Waals surface area contributed by atoms with Crippen molar-refractivity contribution in [3.05, 3.63) is 182 Å². The number of benzene rings is 9. The van der Waals surface area contributed by atoms with Gasteiger partial charge in [0.05, 0.1) is 0 Å². The zero-order valence-electron chi connectivity index (χ0n) is 26.7. The van der Waals surface area contributed by atoms with Crippen molar-refractivity contribution in [1.82, 2.24) is 0 Å². The van der Waals surface area contributed by atoms with Gasteiger partial charge in [0.15, 0.2) is 0 Å². The van der Waals surface area contributed by atoms with Crippen LogP contribution in [0.25, 0.3) is 98.8 Å². The molecule has 1 nitrogen and oxygen atoms in total. The van der Waals surface area contributed by atoms with E-state index in [0.29, 0.717) is 0 Å². The lowest BCUT2D eigenvalue weighted by molar-refractivity contribution is 0.673. The van der Waals surface area contributed by atoms with Gasteiger partial charge in [0.25, 0.3) is 0 Å². The van der Waals surface area contributed by atoms with E-state index in [1.807, 2.05) is 0 Å². The second kappa shape index (κ2) is 11.1. The summed E-state index contributed by atoms with van der Waals surface area (Å²) in [6.45, 7) is 0. The summed E-state index contributed by atoms with van der Waals surface area (Å²) in [5, 5.41) is 9.57. The van der Waals surface area contributed by atoms with Crippen molar-refractivity contribution in [2.75, 3.05) is 0 Å². The predicted molar refractivity (Wildman–Crippen MR) is 208 cm³/mol. The van der Waals surface area contributed by atoms with Gasteiger partial charge >= 0.3 is 0 Å².